The Kier molecular flexibility index (Phi) is 3.02. The third-order valence-corrected chi connectivity index (χ3v) is 3.66. The molecule has 0 atom stereocenters. The van der Waals surface area contributed by atoms with E-state index in [0.29, 0.717) is 12.1 Å². The molecule has 0 unspecified atom stereocenters. The summed E-state index contributed by atoms with van der Waals surface area (Å²) in [5, 5.41) is 10.0. The quantitative estimate of drug-likeness (QED) is 0.911. The van der Waals surface area contributed by atoms with Gasteiger partial charge < -0.3 is 9.67 Å². The van der Waals surface area contributed by atoms with Crippen LogP contribution in [-0.4, -0.2) is 20.6 Å². The number of carboxylic acids is 1. The van der Waals surface area contributed by atoms with Crippen LogP contribution in [0.1, 0.15) is 31.6 Å². The molecule has 0 saturated heterocycles. The Morgan fingerprint density at radius 3 is 2.65 bits per heavy atom. The number of nitrogens with zero attached hydrogens (tertiary/aromatic N) is 2. The van der Waals surface area contributed by atoms with Gasteiger partial charge in [0.1, 0.15) is 5.01 Å². The van der Waals surface area contributed by atoms with Crippen molar-refractivity contribution < 1.29 is 9.90 Å². The van der Waals surface area contributed by atoms with Crippen LogP contribution in [0, 0.1) is 20.8 Å². The number of rotatable bonds is 3. The summed E-state index contributed by atoms with van der Waals surface area (Å²) < 4.78 is 1.99. The lowest BCUT2D eigenvalue weighted by Crippen LogP contribution is -2.05. The zero-order valence-electron chi connectivity index (χ0n) is 10.0. The van der Waals surface area contributed by atoms with E-state index in [1.807, 2.05) is 31.5 Å². The molecule has 4 nitrogen and oxygen atoms in total. The van der Waals surface area contributed by atoms with Crippen molar-refractivity contribution in [3.8, 4) is 0 Å². The Hall–Kier alpha value is -1.62. The van der Waals surface area contributed by atoms with Crippen LogP contribution in [0.5, 0.6) is 0 Å². The van der Waals surface area contributed by atoms with E-state index in [1.54, 1.807) is 17.4 Å². The normalized spacial score (nSPS) is 10.8. The molecule has 0 bridgehead atoms. The van der Waals surface area contributed by atoms with Crippen LogP contribution in [-0.2, 0) is 6.54 Å². The Balaban J connectivity index is 2.36. The van der Waals surface area contributed by atoms with Crippen molar-refractivity contribution in [2.45, 2.75) is 27.3 Å². The fraction of sp³-hybridized carbons (Fsp3) is 0.333. The molecule has 0 aromatic carbocycles. The van der Waals surface area contributed by atoms with Gasteiger partial charge in [0, 0.05) is 22.5 Å². The minimum Gasteiger partial charge on any atom is -0.478 e. The number of hydrogen-bond donors (Lipinski definition) is 1. The molecule has 1 N–H and O–H groups in total. The van der Waals surface area contributed by atoms with Crippen LogP contribution in [0.4, 0.5) is 0 Å². The summed E-state index contributed by atoms with van der Waals surface area (Å²) >= 11 is 1.64. The van der Waals surface area contributed by atoms with E-state index < -0.39 is 5.97 Å². The van der Waals surface area contributed by atoms with Gasteiger partial charge in [-0.25, -0.2) is 9.78 Å². The van der Waals surface area contributed by atoms with Gasteiger partial charge in [0.25, 0.3) is 0 Å². The van der Waals surface area contributed by atoms with Gasteiger partial charge in [-0.15, -0.1) is 11.3 Å². The lowest BCUT2D eigenvalue weighted by molar-refractivity contribution is 0.0696. The maximum atomic E-state index is 11.0. The lowest BCUT2D eigenvalue weighted by Gasteiger charge is -2.06. The van der Waals surface area contributed by atoms with Crippen molar-refractivity contribution in [3.63, 3.8) is 0 Å². The third kappa shape index (κ3) is 2.24. The first-order valence-corrected chi connectivity index (χ1v) is 6.12. The summed E-state index contributed by atoms with van der Waals surface area (Å²) in [6, 6.07) is 1.71. The molecule has 90 valence electrons. The zero-order valence-corrected chi connectivity index (χ0v) is 10.8. The first kappa shape index (κ1) is 11.9. The maximum Gasteiger partial charge on any atom is 0.337 e. The number of hydrogen-bond acceptors (Lipinski definition) is 3. The number of carbonyl (C=O) groups is 1. The number of aromatic carboxylic acids is 1. The van der Waals surface area contributed by atoms with Gasteiger partial charge in [-0.2, -0.15) is 0 Å². The van der Waals surface area contributed by atoms with Crippen LogP contribution in [0.3, 0.4) is 0 Å². The summed E-state index contributed by atoms with van der Waals surface area (Å²) in [6.07, 6.45) is 1.84. The van der Waals surface area contributed by atoms with E-state index in [-0.39, 0.29) is 0 Å². The third-order valence-electron chi connectivity index (χ3n) is 2.77. The van der Waals surface area contributed by atoms with E-state index in [2.05, 4.69) is 4.98 Å². The molecule has 5 heteroatoms. The van der Waals surface area contributed by atoms with E-state index in [0.717, 1.165) is 16.4 Å². The Labute approximate surface area is 104 Å². The van der Waals surface area contributed by atoms with E-state index >= 15 is 0 Å². The topological polar surface area (TPSA) is 55.1 Å². The number of thiazole rings is 1. The molecule has 0 saturated carbocycles. The zero-order chi connectivity index (χ0) is 12.6. The van der Waals surface area contributed by atoms with Crippen LogP contribution in [0.15, 0.2) is 12.3 Å². The van der Waals surface area contributed by atoms with Gasteiger partial charge in [0.05, 0.1) is 12.1 Å². The van der Waals surface area contributed by atoms with Crippen molar-refractivity contribution in [2.75, 3.05) is 0 Å². The highest BCUT2D eigenvalue weighted by atomic mass is 32.1. The highest BCUT2D eigenvalue weighted by Crippen LogP contribution is 2.19. The molecule has 0 radical (unpaired) electrons. The Morgan fingerprint density at radius 1 is 1.47 bits per heavy atom. The molecule has 17 heavy (non-hydrogen) atoms. The lowest BCUT2D eigenvalue weighted by atomic mass is 10.2. The van der Waals surface area contributed by atoms with Gasteiger partial charge in [0.15, 0.2) is 0 Å². The summed E-state index contributed by atoms with van der Waals surface area (Å²) in [5.41, 5.74) is 2.10. The highest BCUT2D eigenvalue weighted by Gasteiger charge is 2.15. The standard InChI is InChI=1S/C12H14N2O2S/c1-7-4-10(12(15)16)9(3)14(7)6-11-13-5-8(2)17-11/h4-5H,6H2,1-3H3,(H,15,16). The molecule has 2 aromatic rings. The van der Waals surface area contributed by atoms with Gasteiger partial charge in [-0.1, -0.05) is 0 Å². The Bertz CT molecular complexity index is 569. The van der Waals surface area contributed by atoms with Gasteiger partial charge in [0.2, 0.25) is 0 Å². The second kappa shape index (κ2) is 4.33. The number of carboxylic acid groups (broad SMARTS) is 1. The van der Waals surface area contributed by atoms with Crippen molar-refractivity contribution in [1.82, 2.24) is 9.55 Å². The summed E-state index contributed by atoms with van der Waals surface area (Å²) in [5.74, 6) is -0.875. The predicted octanol–water partition coefficient (Wildman–Crippen LogP) is 2.62. The summed E-state index contributed by atoms with van der Waals surface area (Å²) in [6.45, 7) is 6.40. The fourth-order valence-electron chi connectivity index (χ4n) is 1.87. The molecule has 2 heterocycles. The van der Waals surface area contributed by atoms with Crippen molar-refractivity contribution in [1.29, 1.82) is 0 Å². The molecule has 0 spiro atoms. The van der Waals surface area contributed by atoms with Gasteiger partial charge >= 0.3 is 5.97 Å². The predicted molar refractivity (Wildman–Crippen MR) is 66.8 cm³/mol. The van der Waals surface area contributed by atoms with Crippen molar-refractivity contribution >= 4 is 17.3 Å². The molecular formula is C12H14N2O2S. The second-order valence-corrected chi connectivity index (χ2v) is 5.36. The summed E-state index contributed by atoms with van der Waals surface area (Å²) in [4.78, 5) is 16.5. The first-order chi connectivity index (χ1) is 7.99. The van der Waals surface area contributed by atoms with Crippen LogP contribution >= 0.6 is 11.3 Å². The SMILES string of the molecule is Cc1cnc(Cn2c(C)cc(C(=O)O)c2C)s1. The first-order valence-electron chi connectivity index (χ1n) is 5.30. The summed E-state index contributed by atoms with van der Waals surface area (Å²) in [7, 11) is 0. The van der Waals surface area contributed by atoms with Crippen LogP contribution in [0.2, 0.25) is 0 Å². The van der Waals surface area contributed by atoms with E-state index in [9.17, 15) is 4.79 Å². The minimum absolute atomic E-state index is 0.371. The molecule has 0 aliphatic carbocycles. The molecular weight excluding hydrogens is 236 g/mol. The molecule has 2 rings (SSSR count). The molecule has 0 aliphatic rings. The molecule has 0 aliphatic heterocycles. The number of aromatic nitrogens is 2. The Morgan fingerprint density at radius 2 is 2.18 bits per heavy atom. The van der Waals surface area contributed by atoms with Crippen molar-refractivity contribution in [2.24, 2.45) is 0 Å². The van der Waals surface area contributed by atoms with Gasteiger partial charge in [-0.05, 0) is 26.8 Å². The second-order valence-electron chi connectivity index (χ2n) is 4.04. The monoisotopic (exact) mass is 250 g/mol. The largest absolute Gasteiger partial charge is 0.478 e. The highest BCUT2D eigenvalue weighted by molar-refractivity contribution is 7.11. The molecule has 0 fully saturated rings. The number of aryl methyl sites for hydroxylation is 2. The minimum atomic E-state index is -0.875. The van der Waals surface area contributed by atoms with E-state index in [1.165, 1.54) is 4.88 Å². The van der Waals surface area contributed by atoms with E-state index in [4.69, 9.17) is 5.11 Å². The molecule has 2 aromatic heterocycles. The van der Waals surface area contributed by atoms with Crippen LogP contribution in [0.25, 0.3) is 0 Å². The molecule has 0 amide bonds. The fourth-order valence-corrected chi connectivity index (χ4v) is 2.65. The van der Waals surface area contributed by atoms with Gasteiger partial charge in [-0.3, -0.25) is 0 Å². The van der Waals surface area contributed by atoms with Crippen molar-refractivity contribution in [3.05, 3.63) is 39.1 Å². The maximum absolute atomic E-state index is 11.0. The smallest absolute Gasteiger partial charge is 0.337 e. The average Bonchev–Trinajstić information content (AvgIpc) is 2.77. The van der Waals surface area contributed by atoms with Crippen LogP contribution < -0.4 is 0 Å². The average molecular weight is 250 g/mol.